The lowest BCUT2D eigenvalue weighted by molar-refractivity contribution is -0.141. The molecular formula is C24H19F5N4O3. The highest BCUT2D eigenvalue weighted by atomic mass is 19.4. The first-order valence-electron chi connectivity index (χ1n) is 11.3. The molecule has 12 heteroatoms. The zero-order valence-electron chi connectivity index (χ0n) is 18.7. The summed E-state index contributed by atoms with van der Waals surface area (Å²) in [6.07, 6.45) is -0.466. The standard InChI is InChI=1S/C24H19F5N4O3/c25-16-5-13(6-17(26)21(16)36-15-1-4-30-18(7-15)24(27,28)29)11-35-19-8-20-32(22(34)31-19)10-14-9-23(2-3-23)12-33(14)20/h1,4-8,14H,2-3,9-12H2/t14-/m1/s1. The van der Waals surface area contributed by atoms with E-state index in [1.165, 1.54) is 12.8 Å². The quantitative estimate of drug-likeness (QED) is 0.469. The lowest BCUT2D eigenvalue weighted by atomic mass is 10.0. The Bertz CT molecular complexity index is 1400. The summed E-state index contributed by atoms with van der Waals surface area (Å²) in [5, 5.41) is 0. The molecule has 1 saturated heterocycles. The van der Waals surface area contributed by atoms with Crippen LogP contribution in [0.15, 0.2) is 41.3 Å². The van der Waals surface area contributed by atoms with Crippen molar-refractivity contribution >= 4 is 5.82 Å². The molecule has 1 saturated carbocycles. The minimum absolute atomic E-state index is 0.0428. The van der Waals surface area contributed by atoms with E-state index in [1.54, 1.807) is 10.6 Å². The van der Waals surface area contributed by atoms with E-state index < -0.39 is 40.7 Å². The Morgan fingerprint density at radius 1 is 1.11 bits per heavy atom. The van der Waals surface area contributed by atoms with Crippen LogP contribution in [0.25, 0.3) is 0 Å². The first-order chi connectivity index (χ1) is 17.1. The predicted molar refractivity (Wildman–Crippen MR) is 116 cm³/mol. The van der Waals surface area contributed by atoms with Crippen molar-refractivity contribution in [2.45, 2.75) is 44.6 Å². The zero-order chi connectivity index (χ0) is 25.2. The number of anilines is 1. The second-order valence-electron chi connectivity index (χ2n) is 9.49. The Morgan fingerprint density at radius 3 is 2.56 bits per heavy atom. The molecule has 0 unspecified atom stereocenters. The van der Waals surface area contributed by atoms with Crippen LogP contribution in [-0.4, -0.2) is 27.1 Å². The van der Waals surface area contributed by atoms with Crippen LogP contribution in [0.4, 0.5) is 27.8 Å². The molecule has 2 aromatic heterocycles. The molecule has 1 aromatic carbocycles. The van der Waals surface area contributed by atoms with Crippen LogP contribution >= 0.6 is 0 Å². The summed E-state index contributed by atoms with van der Waals surface area (Å²) in [5.74, 6) is -2.76. The van der Waals surface area contributed by atoms with Crippen molar-refractivity contribution in [2.75, 3.05) is 11.4 Å². The van der Waals surface area contributed by atoms with Crippen LogP contribution in [0, 0.1) is 17.0 Å². The van der Waals surface area contributed by atoms with Crippen molar-refractivity contribution in [3.63, 3.8) is 0 Å². The van der Waals surface area contributed by atoms with E-state index in [0.717, 1.165) is 43.2 Å². The number of hydrogen-bond donors (Lipinski definition) is 0. The van der Waals surface area contributed by atoms with Gasteiger partial charge in [-0.2, -0.15) is 18.2 Å². The molecule has 1 atom stereocenters. The van der Waals surface area contributed by atoms with Crippen LogP contribution in [0.5, 0.6) is 17.4 Å². The van der Waals surface area contributed by atoms with Crippen LogP contribution in [0.1, 0.15) is 30.5 Å². The average Bonchev–Trinajstić information content (AvgIpc) is 3.35. The van der Waals surface area contributed by atoms with Gasteiger partial charge in [0.1, 0.15) is 23.9 Å². The normalized spacial score (nSPS) is 19.4. The Balaban J connectivity index is 1.18. The van der Waals surface area contributed by atoms with Gasteiger partial charge in [-0.3, -0.25) is 9.55 Å². The van der Waals surface area contributed by atoms with Gasteiger partial charge in [-0.15, -0.1) is 0 Å². The Kier molecular flexibility index (Phi) is 4.99. The first kappa shape index (κ1) is 22.7. The summed E-state index contributed by atoms with van der Waals surface area (Å²) < 4.78 is 79.9. The molecule has 1 aliphatic carbocycles. The highest BCUT2D eigenvalue weighted by molar-refractivity contribution is 5.50. The third kappa shape index (κ3) is 4.03. The van der Waals surface area contributed by atoms with Crippen molar-refractivity contribution < 1.29 is 31.4 Å². The van der Waals surface area contributed by atoms with E-state index in [4.69, 9.17) is 9.47 Å². The Hall–Kier alpha value is -3.70. The van der Waals surface area contributed by atoms with E-state index in [1.807, 2.05) is 0 Å². The molecule has 6 rings (SSSR count). The molecule has 0 bridgehead atoms. The smallest absolute Gasteiger partial charge is 0.433 e. The van der Waals surface area contributed by atoms with Gasteiger partial charge >= 0.3 is 11.9 Å². The van der Waals surface area contributed by atoms with Crippen molar-refractivity contribution in [3.8, 4) is 17.4 Å². The maximum absolute atomic E-state index is 14.6. The van der Waals surface area contributed by atoms with E-state index in [-0.39, 0.29) is 24.1 Å². The summed E-state index contributed by atoms with van der Waals surface area (Å²) in [4.78, 5) is 21.8. The van der Waals surface area contributed by atoms with E-state index in [0.29, 0.717) is 18.0 Å². The summed E-state index contributed by atoms with van der Waals surface area (Å²) in [6, 6.07) is 5.41. The number of hydrogen-bond acceptors (Lipinski definition) is 6. The summed E-state index contributed by atoms with van der Waals surface area (Å²) >= 11 is 0. The van der Waals surface area contributed by atoms with Crippen molar-refractivity contribution in [2.24, 2.45) is 5.41 Å². The molecule has 2 fully saturated rings. The first-order valence-corrected chi connectivity index (χ1v) is 11.3. The van der Waals surface area contributed by atoms with Gasteiger partial charge in [0.15, 0.2) is 17.4 Å². The topological polar surface area (TPSA) is 69.5 Å². The fourth-order valence-corrected chi connectivity index (χ4v) is 5.00. The van der Waals surface area contributed by atoms with Crippen LogP contribution in [-0.2, 0) is 19.3 Å². The third-order valence-corrected chi connectivity index (χ3v) is 6.91. The number of halogens is 5. The number of nitrogens with zero attached hydrogens (tertiary/aromatic N) is 4. The van der Waals surface area contributed by atoms with Gasteiger partial charge in [0.25, 0.3) is 0 Å². The average molecular weight is 506 g/mol. The second kappa shape index (κ2) is 7.90. The number of rotatable bonds is 5. The van der Waals surface area contributed by atoms with E-state index >= 15 is 0 Å². The van der Waals surface area contributed by atoms with Crippen molar-refractivity contribution in [1.29, 1.82) is 0 Å². The number of fused-ring (bicyclic) bond motifs is 3. The number of aromatic nitrogens is 3. The fourth-order valence-electron chi connectivity index (χ4n) is 5.00. The molecule has 188 valence electrons. The van der Waals surface area contributed by atoms with Crippen LogP contribution < -0.4 is 20.1 Å². The molecule has 0 amide bonds. The van der Waals surface area contributed by atoms with E-state index in [2.05, 4.69) is 14.9 Å². The predicted octanol–water partition coefficient (Wildman–Crippen LogP) is 4.68. The van der Waals surface area contributed by atoms with Crippen molar-refractivity contribution in [1.82, 2.24) is 14.5 Å². The third-order valence-electron chi connectivity index (χ3n) is 6.91. The number of pyridine rings is 1. The van der Waals surface area contributed by atoms with Crippen LogP contribution in [0.3, 0.4) is 0 Å². The van der Waals surface area contributed by atoms with Gasteiger partial charge < -0.3 is 14.4 Å². The van der Waals surface area contributed by atoms with Gasteiger partial charge in [-0.05, 0) is 48.4 Å². The minimum atomic E-state index is -4.74. The molecule has 3 aromatic rings. The molecule has 36 heavy (non-hydrogen) atoms. The maximum atomic E-state index is 14.6. The Labute approximate surface area is 201 Å². The van der Waals surface area contributed by atoms with Crippen molar-refractivity contribution in [3.05, 3.63) is 69.9 Å². The minimum Gasteiger partial charge on any atom is -0.473 e. The number of benzene rings is 1. The molecule has 4 heterocycles. The number of alkyl halides is 3. The zero-order valence-corrected chi connectivity index (χ0v) is 18.7. The summed E-state index contributed by atoms with van der Waals surface area (Å²) in [6.45, 7) is 1.19. The molecule has 0 N–H and O–H groups in total. The molecular weight excluding hydrogens is 487 g/mol. The Morgan fingerprint density at radius 2 is 1.86 bits per heavy atom. The van der Waals surface area contributed by atoms with Gasteiger partial charge in [0.2, 0.25) is 5.88 Å². The molecule has 3 aliphatic rings. The maximum Gasteiger partial charge on any atom is 0.433 e. The highest BCUT2D eigenvalue weighted by Gasteiger charge is 2.54. The second-order valence-corrected chi connectivity index (χ2v) is 9.49. The van der Waals surface area contributed by atoms with Gasteiger partial charge in [0.05, 0.1) is 0 Å². The largest absolute Gasteiger partial charge is 0.473 e. The van der Waals surface area contributed by atoms with Crippen LogP contribution in [0.2, 0.25) is 0 Å². The molecule has 7 nitrogen and oxygen atoms in total. The number of ether oxygens (including phenoxy) is 2. The SMILES string of the molecule is O=c1nc(OCc2cc(F)c(Oc3ccnc(C(F)(F)F)c3)c(F)c2)cc2n1C[C@H]1CC3(CC3)CN21. The monoisotopic (exact) mass is 506 g/mol. The van der Waals surface area contributed by atoms with Gasteiger partial charge in [-0.25, -0.2) is 13.6 Å². The van der Waals surface area contributed by atoms with E-state index in [9.17, 15) is 26.7 Å². The summed E-state index contributed by atoms with van der Waals surface area (Å²) in [5.41, 5.74) is -1.25. The summed E-state index contributed by atoms with van der Waals surface area (Å²) in [7, 11) is 0. The lowest BCUT2D eigenvalue weighted by Crippen LogP contribution is -2.25. The fraction of sp³-hybridized carbons (Fsp3) is 0.375. The lowest BCUT2D eigenvalue weighted by Gasteiger charge is -2.18. The molecule has 0 radical (unpaired) electrons. The molecule has 2 aliphatic heterocycles. The highest BCUT2D eigenvalue weighted by Crippen LogP contribution is 2.57. The van der Waals surface area contributed by atoms with Gasteiger partial charge in [-0.1, -0.05) is 0 Å². The molecule has 1 spiro atoms. The van der Waals surface area contributed by atoms with Gasteiger partial charge in [0, 0.05) is 37.5 Å².